The Morgan fingerprint density at radius 1 is 1.25 bits per heavy atom. The lowest BCUT2D eigenvalue weighted by molar-refractivity contribution is 0.121. The number of hydrogen-bond donors (Lipinski definition) is 0. The van der Waals surface area contributed by atoms with Gasteiger partial charge in [0.25, 0.3) is 0 Å². The van der Waals surface area contributed by atoms with Gasteiger partial charge in [0.1, 0.15) is 5.82 Å². The van der Waals surface area contributed by atoms with Crippen molar-refractivity contribution < 1.29 is 17.5 Å². The minimum absolute atomic E-state index is 0.0672. The SMILES string of the molecule is COCC1CCN(S(=O)(=O)Cc2ccc(F)cc2)CC1. The topological polar surface area (TPSA) is 46.6 Å². The average Bonchev–Trinajstić information content (AvgIpc) is 2.42. The number of nitrogens with zero attached hydrogens (tertiary/aromatic N) is 1. The molecule has 4 nitrogen and oxygen atoms in total. The third-order valence-electron chi connectivity index (χ3n) is 3.63. The molecule has 1 aliphatic rings. The fourth-order valence-corrected chi connectivity index (χ4v) is 4.04. The predicted octanol–water partition coefficient (Wildman–Crippen LogP) is 2.01. The molecule has 20 heavy (non-hydrogen) atoms. The molecule has 0 atom stereocenters. The summed E-state index contributed by atoms with van der Waals surface area (Å²) >= 11 is 0. The molecule has 1 aromatic carbocycles. The second kappa shape index (κ2) is 6.65. The molecule has 0 amide bonds. The minimum atomic E-state index is -3.32. The summed E-state index contributed by atoms with van der Waals surface area (Å²) in [5.74, 6) is 0.0196. The van der Waals surface area contributed by atoms with Crippen LogP contribution < -0.4 is 0 Å². The molecule has 0 N–H and O–H groups in total. The van der Waals surface area contributed by atoms with E-state index in [9.17, 15) is 12.8 Å². The molecule has 1 fully saturated rings. The number of sulfonamides is 1. The zero-order valence-electron chi connectivity index (χ0n) is 11.6. The van der Waals surface area contributed by atoms with Gasteiger partial charge in [0, 0.05) is 26.8 Å². The molecule has 0 aliphatic carbocycles. The molecule has 2 rings (SSSR count). The van der Waals surface area contributed by atoms with Crippen molar-refractivity contribution in [1.29, 1.82) is 0 Å². The Balaban J connectivity index is 1.96. The summed E-state index contributed by atoms with van der Waals surface area (Å²) in [6.07, 6.45) is 1.66. The van der Waals surface area contributed by atoms with Gasteiger partial charge in [-0.2, -0.15) is 0 Å². The van der Waals surface area contributed by atoms with Gasteiger partial charge in [-0.1, -0.05) is 12.1 Å². The first kappa shape index (κ1) is 15.4. The quantitative estimate of drug-likeness (QED) is 0.836. The normalized spacial score (nSPS) is 18.3. The highest BCUT2D eigenvalue weighted by atomic mass is 32.2. The van der Waals surface area contributed by atoms with Gasteiger partial charge >= 0.3 is 0 Å². The summed E-state index contributed by atoms with van der Waals surface area (Å²) in [7, 11) is -1.65. The van der Waals surface area contributed by atoms with Crippen molar-refractivity contribution in [1.82, 2.24) is 4.31 Å². The van der Waals surface area contributed by atoms with Crippen molar-refractivity contribution in [2.75, 3.05) is 26.8 Å². The Morgan fingerprint density at radius 3 is 2.40 bits per heavy atom. The standard InChI is InChI=1S/C14H20FNO3S/c1-19-10-12-6-8-16(9-7-12)20(17,18)11-13-2-4-14(15)5-3-13/h2-5,12H,6-11H2,1H3. The highest BCUT2D eigenvalue weighted by molar-refractivity contribution is 7.88. The predicted molar refractivity (Wildman–Crippen MR) is 75.2 cm³/mol. The zero-order valence-corrected chi connectivity index (χ0v) is 12.4. The van der Waals surface area contributed by atoms with Gasteiger partial charge in [-0.05, 0) is 36.5 Å². The lowest BCUT2D eigenvalue weighted by Crippen LogP contribution is -2.39. The molecule has 1 saturated heterocycles. The van der Waals surface area contributed by atoms with Crippen LogP contribution in [0.3, 0.4) is 0 Å². The summed E-state index contributed by atoms with van der Waals surface area (Å²) in [6, 6.07) is 5.61. The minimum Gasteiger partial charge on any atom is -0.384 e. The zero-order chi connectivity index (χ0) is 14.6. The number of halogens is 1. The van der Waals surface area contributed by atoms with E-state index in [0.29, 0.717) is 31.2 Å². The van der Waals surface area contributed by atoms with Crippen LogP contribution in [0.1, 0.15) is 18.4 Å². The molecule has 6 heteroatoms. The lowest BCUT2D eigenvalue weighted by atomic mass is 9.99. The summed E-state index contributed by atoms with van der Waals surface area (Å²) in [4.78, 5) is 0. The number of piperidine rings is 1. The van der Waals surface area contributed by atoms with E-state index in [1.165, 1.54) is 28.6 Å². The van der Waals surface area contributed by atoms with Crippen LogP contribution in [0.5, 0.6) is 0 Å². The maximum absolute atomic E-state index is 12.8. The smallest absolute Gasteiger partial charge is 0.218 e. The van der Waals surface area contributed by atoms with Crippen molar-refractivity contribution in [3.05, 3.63) is 35.6 Å². The maximum atomic E-state index is 12.8. The van der Waals surface area contributed by atoms with Crippen molar-refractivity contribution in [2.24, 2.45) is 5.92 Å². The van der Waals surface area contributed by atoms with Crippen LogP contribution in [0.15, 0.2) is 24.3 Å². The van der Waals surface area contributed by atoms with Gasteiger partial charge in [-0.15, -0.1) is 0 Å². The Morgan fingerprint density at radius 2 is 1.85 bits per heavy atom. The van der Waals surface area contributed by atoms with Crippen molar-refractivity contribution in [3.8, 4) is 0 Å². The van der Waals surface area contributed by atoms with Crippen LogP contribution in [-0.2, 0) is 20.5 Å². The maximum Gasteiger partial charge on any atom is 0.218 e. The highest BCUT2D eigenvalue weighted by Crippen LogP contribution is 2.21. The van der Waals surface area contributed by atoms with Gasteiger partial charge in [0.2, 0.25) is 10.0 Å². The molecule has 112 valence electrons. The lowest BCUT2D eigenvalue weighted by Gasteiger charge is -2.30. The van der Waals surface area contributed by atoms with Crippen molar-refractivity contribution >= 4 is 10.0 Å². The van der Waals surface area contributed by atoms with Crippen molar-refractivity contribution in [3.63, 3.8) is 0 Å². The molecule has 0 unspecified atom stereocenters. The van der Waals surface area contributed by atoms with Gasteiger partial charge in [-0.3, -0.25) is 0 Å². The molecule has 0 spiro atoms. The fraction of sp³-hybridized carbons (Fsp3) is 0.571. The third kappa shape index (κ3) is 4.01. The van der Waals surface area contributed by atoms with E-state index in [-0.39, 0.29) is 11.6 Å². The van der Waals surface area contributed by atoms with E-state index in [1.807, 2.05) is 0 Å². The number of ether oxygens (including phenoxy) is 1. The van der Waals surface area contributed by atoms with Gasteiger partial charge in [0.05, 0.1) is 5.75 Å². The molecule has 0 aromatic heterocycles. The first-order valence-electron chi connectivity index (χ1n) is 6.72. The average molecular weight is 301 g/mol. The third-order valence-corrected chi connectivity index (χ3v) is 5.48. The van der Waals surface area contributed by atoms with Crippen LogP contribution in [0.25, 0.3) is 0 Å². The van der Waals surface area contributed by atoms with Crippen LogP contribution in [0.4, 0.5) is 4.39 Å². The number of methoxy groups -OCH3 is 1. The van der Waals surface area contributed by atoms with Crippen LogP contribution >= 0.6 is 0 Å². The molecular formula is C14H20FNO3S. The van der Waals surface area contributed by atoms with E-state index < -0.39 is 10.0 Å². The highest BCUT2D eigenvalue weighted by Gasteiger charge is 2.27. The van der Waals surface area contributed by atoms with Crippen molar-refractivity contribution in [2.45, 2.75) is 18.6 Å². The molecule has 1 aromatic rings. The number of rotatable bonds is 5. The molecule has 0 saturated carbocycles. The Bertz CT molecular complexity index is 522. The van der Waals surface area contributed by atoms with Crippen LogP contribution in [0.2, 0.25) is 0 Å². The van der Waals surface area contributed by atoms with Gasteiger partial charge in [0.15, 0.2) is 0 Å². The van der Waals surface area contributed by atoms with E-state index >= 15 is 0 Å². The Kier molecular flexibility index (Phi) is 5.12. The van der Waals surface area contributed by atoms with Crippen LogP contribution in [-0.4, -0.2) is 39.5 Å². The molecule has 0 bridgehead atoms. The Labute approximate surface area is 119 Å². The monoisotopic (exact) mass is 301 g/mol. The summed E-state index contributed by atoms with van der Waals surface area (Å²) in [5, 5.41) is 0. The van der Waals surface area contributed by atoms with E-state index in [4.69, 9.17) is 4.74 Å². The Hall–Kier alpha value is -0.980. The number of hydrogen-bond acceptors (Lipinski definition) is 3. The van der Waals surface area contributed by atoms with Crippen LogP contribution in [0, 0.1) is 11.7 Å². The molecule has 0 radical (unpaired) electrons. The molecule has 1 heterocycles. The molecule has 1 aliphatic heterocycles. The summed E-state index contributed by atoms with van der Waals surface area (Å²) in [6.45, 7) is 1.76. The van der Waals surface area contributed by atoms with E-state index in [1.54, 1.807) is 7.11 Å². The molecular weight excluding hydrogens is 281 g/mol. The summed E-state index contributed by atoms with van der Waals surface area (Å²) < 4.78 is 44.1. The first-order valence-corrected chi connectivity index (χ1v) is 8.33. The first-order chi connectivity index (χ1) is 9.51. The second-order valence-corrected chi connectivity index (χ2v) is 7.15. The number of benzene rings is 1. The fourth-order valence-electron chi connectivity index (χ4n) is 2.47. The summed E-state index contributed by atoms with van der Waals surface area (Å²) in [5.41, 5.74) is 0.616. The van der Waals surface area contributed by atoms with E-state index in [0.717, 1.165) is 12.8 Å². The van der Waals surface area contributed by atoms with E-state index in [2.05, 4.69) is 0 Å². The largest absolute Gasteiger partial charge is 0.384 e. The van der Waals surface area contributed by atoms with Gasteiger partial charge < -0.3 is 4.74 Å². The second-order valence-electron chi connectivity index (χ2n) is 5.18. The van der Waals surface area contributed by atoms with Gasteiger partial charge in [-0.25, -0.2) is 17.1 Å².